The number of anilines is 1. The number of ether oxygens (including phenoxy) is 2. The summed E-state index contributed by atoms with van der Waals surface area (Å²) in [5.74, 6) is 0.482. The molecule has 0 heterocycles. The zero-order valence-corrected chi connectivity index (χ0v) is 17.3. The lowest BCUT2D eigenvalue weighted by Crippen LogP contribution is -2.21. The topological polar surface area (TPSA) is 89.0 Å². The third-order valence-corrected chi connectivity index (χ3v) is 3.92. The van der Waals surface area contributed by atoms with E-state index in [1.54, 1.807) is 42.5 Å². The Labute approximate surface area is 175 Å². The van der Waals surface area contributed by atoms with E-state index in [1.165, 1.54) is 13.3 Å². The molecule has 0 saturated heterocycles. The van der Waals surface area contributed by atoms with Gasteiger partial charge in [-0.05, 0) is 44.2 Å². The molecule has 0 aliphatic heterocycles. The minimum absolute atomic E-state index is 0.0107. The van der Waals surface area contributed by atoms with Gasteiger partial charge < -0.3 is 14.8 Å². The normalized spacial score (nSPS) is 10.8. The number of para-hydroxylation sites is 2. The van der Waals surface area contributed by atoms with Crippen LogP contribution in [0.2, 0.25) is 5.02 Å². The van der Waals surface area contributed by atoms with Gasteiger partial charge in [-0.25, -0.2) is 5.43 Å². The third-order valence-electron chi connectivity index (χ3n) is 3.69. The van der Waals surface area contributed by atoms with E-state index in [2.05, 4.69) is 15.8 Å². The molecule has 0 bridgehead atoms. The van der Waals surface area contributed by atoms with E-state index in [0.717, 1.165) is 0 Å². The summed E-state index contributed by atoms with van der Waals surface area (Å²) in [6.07, 6.45) is 1.44. The average Bonchev–Trinajstić information content (AvgIpc) is 2.68. The van der Waals surface area contributed by atoms with Crippen molar-refractivity contribution in [1.29, 1.82) is 0 Å². The molecule has 8 heteroatoms. The Morgan fingerprint density at radius 2 is 1.83 bits per heavy atom. The van der Waals surface area contributed by atoms with Crippen LogP contribution in [0.5, 0.6) is 11.5 Å². The molecule has 0 atom stereocenters. The Kier molecular flexibility index (Phi) is 8.48. The van der Waals surface area contributed by atoms with Crippen molar-refractivity contribution in [3.63, 3.8) is 0 Å². The van der Waals surface area contributed by atoms with Gasteiger partial charge >= 0.3 is 0 Å². The van der Waals surface area contributed by atoms with Gasteiger partial charge in [-0.1, -0.05) is 23.7 Å². The highest BCUT2D eigenvalue weighted by atomic mass is 35.5. The number of carbonyl (C=O) groups is 2. The highest BCUT2D eigenvalue weighted by molar-refractivity contribution is 6.30. The van der Waals surface area contributed by atoms with Crippen LogP contribution in [-0.2, 0) is 9.59 Å². The Hall–Kier alpha value is -3.06. The molecular formula is C21H24ClN3O4. The van der Waals surface area contributed by atoms with Crippen LogP contribution in [0.4, 0.5) is 5.69 Å². The fourth-order valence-corrected chi connectivity index (χ4v) is 2.58. The van der Waals surface area contributed by atoms with Crippen LogP contribution in [0, 0.1) is 0 Å². The minimum atomic E-state index is -0.384. The lowest BCUT2D eigenvalue weighted by atomic mass is 10.2. The van der Waals surface area contributed by atoms with E-state index in [4.69, 9.17) is 21.1 Å². The van der Waals surface area contributed by atoms with Crippen molar-refractivity contribution in [3.05, 3.63) is 53.1 Å². The number of halogens is 1. The molecule has 0 saturated carbocycles. The molecule has 2 aromatic carbocycles. The lowest BCUT2D eigenvalue weighted by Gasteiger charge is -2.12. The predicted molar refractivity (Wildman–Crippen MR) is 114 cm³/mol. The van der Waals surface area contributed by atoms with Crippen LogP contribution in [-0.4, -0.2) is 31.2 Å². The van der Waals surface area contributed by atoms with Crippen molar-refractivity contribution in [2.75, 3.05) is 12.4 Å². The molecular weight excluding hydrogens is 394 g/mol. The van der Waals surface area contributed by atoms with Gasteiger partial charge in [0, 0.05) is 23.4 Å². The van der Waals surface area contributed by atoms with Crippen molar-refractivity contribution in [2.24, 2.45) is 5.10 Å². The molecule has 29 heavy (non-hydrogen) atoms. The van der Waals surface area contributed by atoms with Crippen LogP contribution in [0.1, 0.15) is 32.3 Å². The number of benzene rings is 2. The van der Waals surface area contributed by atoms with Gasteiger partial charge in [0.15, 0.2) is 0 Å². The number of hydrogen-bond donors (Lipinski definition) is 2. The fraction of sp³-hybridized carbons (Fsp3) is 0.286. The van der Waals surface area contributed by atoms with E-state index < -0.39 is 0 Å². The number of nitrogens with zero attached hydrogens (tertiary/aromatic N) is 1. The first-order chi connectivity index (χ1) is 13.9. The molecule has 2 rings (SSSR count). The first-order valence-electron chi connectivity index (χ1n) is 9.10. The molecule has 0 spiro atoms. The Balaban J connectivity index is 1.85. The summed E-state index contributed by atoms with van der Waals surface area (Å²) in [7, 11) is 1.52. The zero-order valence-electron chi connectivity index (χ0n) is 16.6. The quantitative estimate of drug-likeness (QED) is 0.476. The summed E-state index contributed by atoms with van der Waals surface area (Å²) in [6, 6.07) is 12.2. The summed E-state index contributed by atoms with van der Waals surface area (Å²) >= 11 is 6.01. The van der Waals surface area contributed by atoms with Gasteiger partial charge in [0.2, 0.25) is 11.8 Å². The Morgan fingerprint density at radius 3 is 2.55 bits per heavy atom. The number of amides is 2. The van der Waals surface area contributed by atoms with Gasteiger partial charge in [0.05, 0.1) is 25.1 Å². The summed E-state index contributed by atoms with van der Waals surface area (Å²) in [5, 5.41) is 7.17. The zero-order chi connectivity index (χ0) is 21.2. The number of nitrogens with one attached hydrogen (secondary N) is 2. The molecule has 7 nitrogen and oxygen atoms in total. The molecule has 2 amide bonds. The van der Waals surface area contributed by atoms with E-state index >= 15 is 0 Å². The van der Waals surface area contributed by atoms with Gasteiger partial charge in [0.25, 0.3) is 0 Å². The number of methoxy groups -OCH3 is 1. The van der Waals surface area contributed by atoms with E-state index in [-0.39, 0.29) is 30.8 Å². The second kappa shape index (κ2) is 11.1. The molecule has 0 aliphatic rings. The van der Waals surface area contributed by atoms with Crippen molar-refractivity contribution in [1.82, 2.24) is 5.43 Å². The molecule has 0 unspecified atom stereocenters. The molecule has 2 aromatic rings. The first kappa shape index (κ1) is 22.2. The van der Waals surface area contributed by atoms with Gasteiger partial charge in [0.1, 0.15) is 11.5 Å². The third kappa shape index (κ3) is 7.46. The predicted octanol–water partition coefficient (Wildman–Crippen LogP) is 4.00. The molecule has 154 valence electrons. The maximum atomic E-state index is 12.0. The van der Waals surface area contributed by atoms with Gasteiger partial charge in [-0.3, -0.25) is 9.59 Å². The van der Waals surface area contributed by atoms with E-state index in [0.29, 0.717) is 27.8 Å². The summed E-state index contributed by atoms with van der Waals surface area (Å²) in [5.41, 5.74) is 3.59. The Bertz CT molecular complexity index is 884. The summed E-state index contributed by atoms with van der Waals surface area (Å²) in [6.45, 7) is 3.82. The monoisotopic (exact) mass is 417 g/mol. The number of hydrazone groups is 1. The lowest BCUT2D eigenvalue weighted by molar-refractivity contribution is -0.124. The standard InChI is InChI=1S/C21H24ClN3O4/c1-14(2)29-18-9-8-16(22)12-15(18)13-23-25-21(27)11-10-20(26)24-17-6-4-5-7-19(17)28-3/h4-9,12-14H,10-11H2,1-3H3,(H,24,26)(H,25,27). The van der Waals surface area contributed by atoms with Crippen molar-refractivity contribution in [2.45, 2.75) is 32.8 Å². The first-order valence-corrected chi connectivity index (χ1v) is 9.48. The van der Waals surface area contributed by atoms with Crippen molar-refractivity contribution in [3.8, 4) is 11.5 Å². The van der Waals surface area contributed by atoms with Crippen LogP contribution >= 0.6 is 11.6 Å². The van der Waals surface area contributed by atoms with Crippen LogP contribution in [0.25, 0.3) is 0 Å². The Morgan fingerprint density at radius 1 is 1.10 bits per heavy atom. The van der Waals surface area contributed by atoms with Crippen LogP contribution in [0.15, 0.2) is 47.6 Å². The second-order valence-electron chi connectivity index (χ2n) is 6.39. The van der Waals surface area contributed by atoms with E-state index in [9.17, 15) is 9.59 Å². The summed E-state index contributed by atoms with van der Waals surface area (Å²) in [4.78, 5) is 24.0. The number of carbonyl (C=O) groups excluding carboxylic acids is 2. The highest BCUT2D eigenvalue weighted by Crippen LogP contribution is 2.23. The molecule has 0 aromatic heterocycles. The number of rotatable bonds is 9. The maximum Gasteiger partial charge on any atom is 0.240 e. The van der Waals surface area contributed by atoms with E-state index in [1.807, 2.05) is 13.8 Å². The molecule has 0 fully saturated rings. The van der Waals surface area contributed by atoms with Crippen LogP contribution in [0.3, 0.4) is 0 Å². The SMILES string of the molecule is COc1ccccc1NC(=O)CCC(=O)NN=Cc1cc(Cl)ccc1OC(C)C. The van der Waals surface area contributed by atoms with Crippen molar-refractivity contribution < 1.29 is 19.1 Å². The van der Waals surface area contributed by atoms with Gasteiger partial charge in [-0.2, -0.15) is 5.10 Å². The van der Waals surface area contributed by atoms with Crippen molar-refractivity contribution >= 4 is 35.3 Å². The number of hydrogen-bond acceptors (Lipinski definition) is 5. The second-order valence-corrected chi connectivity index (χ2v) is 6.83. The maximum absolute atomic E-state index is 12.0. The average molecular weight is 418 g/mol. The van der Waals surface area contributed by atoms with Crippen LogP contribution < -0.4 is 20.2 Å². The molecule has 0 radical (unpaired) electrons. The summed E-state index contributed by atoms with van der Waals surface area (Å²) < 4.78 is 10.9. The smallest absolute Gasteiger partial charge is 0.240 e. The highest BCUT2D eigenvalue weighted by Gasteiger charge is 2.10. The largest absolute Gasteiger partial charge is 0.495 e. The minimum Gasteiger partial charge on any atom is -0.495 e. The molecule has 0 aliphatic carbocycles. The fourth-order valence-electron chi connectivity index (χ4n) is 2.40. The van der Waals surface area contributed by atoms with Gasteiger partial charge in [-0.15, -0.1) is 0 Å². The molecule has 2 N–H and O–H groups in total.